The quantitative estimate of drug-likeness (QED) is 0.459. The molecule has 3 heterocycles. The molecule has 5 rings (SSSR count). The number of sulfonamides is 1. The summed E-state index contributed by atoms with van der Waals surface area (Å²) in [6, 6.07) is 12.2. The fourth-order valence-electron chi connectivity index (χ4n) is 4.57. The van der Waals surface area contributed by atoms with Crippen molar-refractivity contribution in [3.8, 4) is 23.3 Å². The second kappa shape index (κ2) is 11.2. The smallest absolute Gasteiger partial charge is 0.322 e. The Morgan fingerprint density at radius 3 is 2.55 bits per heavy atom. The number of hydrogen-bond acceptors (Lipinski definition) is 9. The first-order valence-electron chi connectivity index (χ1n) is 12.9. The standard InChI is InChI=1S/C26H34N6O5S/c1-4-32-25(19(2)29-38(33,34)22-9-10-23-24(18-22)36-16-6-15-35-23)27-28-26(32)37-21-8-5-7-20(17-21)31-13-11-30(3)12-14-31/h5,7-10,17-19,29H,4,6,11-16H2,1-3H3/t19-/m1/s1. The molecular weight excluding hydrogens is 508 g/mol. The van der Waals surface area contributed by atoms with E-state index in [1.807, 2.05) is 25.1 Å². The Morgan fingerprint density at radius 1 is 1.03 bits per heavy atom. The predicted molar refractivity (Wildman–Crippen MR) is 143 cm³/mol. The van der Waals surface area contributed by atoms with E-state index in [1.54, 1.807) is 17.6 Å². The monoisotopic (exact) mass is 542 g/mol. The van der Waals surface area contributed by atoms with Crippen molar-refractivity contribution in [2.75, 3.05) is 51.3 Å². The number of aromatic nitrogens is 3. The van der Waals surface area contributed by atoms with Crippen LogP contribution in [-0.4, -0.2) is 74.5 Å². The number of likely N-dealkylation sites (N-methyl/N-ethyl adjacent to an activating group) is 1. The van der Waals surface area contributed by atoms with Gasteiger partial charge in [-0.25, -0.2) is 13.1 Å². The zero-order valence-electron chi connectivity index (χ0n) is 22.0. The maximum Gasteiger partial charge on any atom is 0.322 e. The number of nitrogens with zero attached hydrogens (tertiary/aromatic N) is 5. The van der Waals surface area contributed by atoms with Gasteiger partial charge in [0.25, 0.3) is 0 Å². The third-order valence-corrected chi connectivity index (χ3v) is 8.24. The number of piperazine rings is 1. The minimum absolute atomic E-state index is 0.0911. The summed E-state index contributed by atoms with van der Waals surface area (Å²) in [4.78, 5) is 4.74. The Hall–Kier alpha value is -3.35. The third-order valence-electron chi connectivity index (χ3n) is 6.71. The number of benzene rings is 2. The van der Waals surface area contributed by atoms with Crippen LogP contribution in [0.5, 0.6) is 23.3 Å². The summed E-state index contributed by atoms with van der Waals surface area (Å²) in [5, 5.41) is 8.49. The van der Waals surface area contributed by atoms with Gasteiger partial charge in [-0.2, -0.15) is 0 Å². The van der Waals surface area contributed by atoms with Gasteiger partial charge < -0.3 is 24.0 Å². The van der Waals surface area contributed by atoms with Crippen molar-refractivity contribution in [1.29, 1.82) is 0 Å². The summed E-state index contributed by atoms with van der Waals surface area (Å²) in [5.41, 5.74) is 1.09. The second-order valence-corrected chi connectivity index (χ2v) is 11.2. The zero-order valence-corrected chi connectivity index (χ0v) is 22.8. The van der Waals surface area contributed by atoms with Crippen LogP contribution < -0.4 is 23.8 Å². The van der Waals surface area contributed by atoms with E-state index in [0.717, 1.165) is 38.3 Å². The Bertz CT molecular complexity index is 1370. The molecule has 0 amide bonds. The molecule has 1 atom stereocenters. The van der Waals surface area contributed by atoms with Gasteiger partial charge in [-0.3, -0.25) is 4.57 Å². The maximum absolute atomic E-state index is 13.2. The van der Waals surface area contributed by atoms with Crippen molar-refractivity contribution in [3.05, 3.63) is 48.3 Å². The van der Waals surface area contributed by atoms with Crippen LogP contribution in [-0.2, 0) is 16.6 Å². The summed E-state index contributed by atoms with van der Waals surface area (Å²) >= 11 is 0. The predicted octanol–water partition coefficient (Wildman–Crippen LogP) is 3.04. The summed E-state index contributed by atoms with van der Waals surface area (Å²) < 4.78 is 48.2. The Morgan fingerprint density at radius 2 is 1.79 bits per heavy atom. The number of anilines is 1. The van der Waals surface area contributed by atoms with Crippen LogP contribution in [0.2, 0.25) is 0 Å². The van der Waals surface area contributed by atoms with Gasteiger partial charge in [-0.15, -0.1) is 5.10 Å². The van der Waals surface area contributed by atoms with Gasteiger partial charge in [-0.1, -0.05) is 11.2 Å². The van der Waals surface area contributed by atoms with Crippen LogP contribution in [0.1, 0.15) is 32.1 Å². The molecule has 0 radical (unpaired) electrons. The molecule has 38 heavy (non-hydrogen) atoms. The Balaban J connectivity index is 1.31. The van der Waals surface area contributed by atoms with Gasteiger partial charge >= 0.3 is 6.01 Å². The minimum atomic E-state index is -3.87. The third kappa shape index (κ3) is 5.71. The molecule has 2 aliphatic heterocycles. The van der Waals surface area contributed by atoms with Gasteiger partial charge in [0.05, 0.1) is 24.2 Å². The van der Waals surface area contributed by atoms with Gasteiger partial charge in [-0.05, 0) is 45.2 Å². The molecule has 1 fully saturated rings. The van der Waals surface area contributed by atoms with Crippen LogP contribution in [0.4, 0.5) is 5.69 Å². The summed E-state index contributed by atoms with van der Waals surface area (Å²) in [7, 11) is -1.74. The highest BCUT2D eigenvalue weighted by atomic mass is 32.2. The van der Waals surface area contributed by atoms with Crippen molar-refractivity contribution >= 4 is 15.7 Å². The first-order chi connectivity index (χ1) is 18.3. The molecule has 204 valence electrons. The van der Waals surface area contributed by atoms with Gasteiger partial charge in [0.1, 0.15) is 5.75 Å². The molecule has 0 saturated carbocycles. The molecule has 0 bridgehead atoms. The molecule has 11 nitrogen and oxygen atoms in total. The van der Waals surface area contributed by atoms with Gasteiger partial charge in [0.15, 0.2) is 17.3 Å². The van der Waals surface area contributed by atoms with Crippen LogP contribution in [0.3, 0.4) is 0 Å². The average Bonchev–Trinajstić information content (AvgIpc) is 3.16. The van der Waals surface area contributed by atoms with Crippen LogP contribution in [0, 0.1) is 0 Å². The highest BCUT2D eigenvalue weighted by Gasteiger charge is 2.26. The highest BCUT2D eigenvalue weighted by Crippen LogP contribution is 2.33. The van der Waals surface area contributed by atoms with Crippen LogP contribution in [0.25, 0.3) is 0 Å². The maximum atomic E-state index is 13.2. The van der Waals surface area contributed by atoms with Crippen LogP contribution >= 0.6 is 0 Å². The van der Waals surface area contributed by atoms with Crippen molar-refractivity contribution in [2.45, 2.75) is 37.8 Å². The number of fused-ring (bicyclic) bond motifs is 1. The molecule has 1 saturated heterocycles. The SMILES string of the molecule is CCn1c(Oc2cccc(N3CCN(C)CC3)c2)nnc1[C@@H](C)NS(=O)(=O)c1ccc2c(c1)OCCCO2. The molecule has 1 aromatic heterocycles. The first kappa shape index (κ1) is 26.3. The summed E-state index contributed by atoms with van der Waals surface area (Å²) in [6.45, 7) is 9.11. The van der Waals surface area contributed by atoms with Crippen LogP contribution in [0.15, 0.2) is 47.4 Å². The minimum Gasteiger partial charge on any atom is -0.490 e. The van der Waals surface area contributed by atoms with E-state index in [2.05, 4.69) is 37.8 Å². The molecule has 0 unspecified atom stereocenters. The second-order valence-electron chi connectivity index (χ2n) is 9.48. The molecule has 0 aliphatic carbocycles. The van der Waals surface area contributed by atoms with E-state index in [0.29, 0.717) is 48.8 Å². The van der Waals surface area contributed by atoms with Gasteiger partial charge in [0, 0.05) is 57.0 Å². The molecular formula is C26H34N6O5S. The number of ether oxygens (including phenoxy) is 3. The lowest BCUT2D eigenvalue weighted by molar-refractivity contribution is 0.297. The molecule has 2 aliphatic rings. The van der Waals surface area contributed by atoms with E-state index < -0.39 is 16.1 Å². The fourth-order valence-corrected chi connectivity index (χ4v) is 5.79. The lowest BCUT2D eigenvalue weighted by atomic mass is 10.2. The highest BCUT2D eigenvalue weighted by molar-refractivity contribution is 7.89. The van der Waals surface area contributed by atoms with Crippen molar-refractivity contribution in [3.63, 3.8) is 0 Å². The zero-order chi connectivity index (χ0) is 26.7. The summed E-state index contributed by atoms with van der Waals surface area (Å²) in [5.74, 6) is 2.06. The molecule has 3 aromatic rings. The molecule has 2 aromatic carbocycles. The Kier molecular flexibility index (Phi) is 7.73. The van der Waals surface area contributed by atoms with Crippen molar-refractivity contribution < 1.29 is 22.6 Å². The van der Waals surface area contributed by atoms with E-state index in [-0.39, 0.29) is 4.90 Å². The topological polar surface area (TPSA) is 111 Å². The first-order valence-corrected chi connectivity index (χ1v) is 14.4. The van der Waals surface area contributed by atoms with E-state index >= 15 is 0 Å². The molecule has 1 N–H and O–H groups in total. The van der Waals surface area contributed by atoms with E-state index in [4.69, 9.17) is 14.2 Å². The number of rotatable bonds is 8. The Labute approximate surface area is 223 Å². The van der Waals surface area contributed by atoms with Crippen molar-refractivity contribution in [2.24, 2.45) is 0 Å². The number of hydrogen-bond donors (Lipinski definition) is 1. The molecule has 0 spiro atoms. The lowest BCUT2D eigenvalue weighted by Crippen LogP contribution is -2.44. The summed E-state index contributed by atoms with van der Waals surface area (Å²) in [6.07, 6.45) is 0.739. The fraction of sp³-hybridized carbons (Fsp3) is 0.462. The average molecular weight is 543 g/mol. The van der Waals surface area contributed by atoms with E-state index in [1.165, 1.54) is 12.1 Å². The number of nitrogens with one attached hydrogen (secondary N) is 1. The van der Waals surface area contributed by atoms with Gasteiger partial charge in [0.2, 0.25) is 10.0 Å². The lowest BCUT2D eigenvalue weighted by Gasteiger charge is -2.34. The van der Waals surface area contributed by atoms with Crippen molar-refractivity contribution in [1.82, 2.24) is 24.4 Å². The molecule has 12 heteroatoms. The van der Waals surface area contributed by atoms with E-state index in [9.17, 15) is 8.42 Å². The normalized spacial score (nSPS) is 17.2. The largest absolute Gasteiger partial charge is 0.490 e.